The molecule has 1 heterocycles. The van der Waals surface area contributed by atoms with Crippen molar-refractivity contribution in [3.63, 3.8) is 0 Å². The van der Waals surface area contributed by atoms with Gasteiger partial charge in [0.25, 0.3) is 0 Å². The van der Waals surface area contributed by atoms with Gasteiger partial charge in [0, 0.05) is 17.7 Å². The van der Waals surface area contributed by atoms with E-state index in [0.717, 1.165) is 37.3 Å². The standard InChI is InChI=1S/C21H18O10/c1-10-5-12(22)8-14(23)17(10)18(27)31-20(2)15(24)7-11-6-13(3-4-16(25)26)30-9-21(11,29)19(20)28/h3-8,22-23,29H,9H2,1-2H3,(H,25,26)/t20-,21-/m1/s1. The molecule has 0 spiro atoms. The fraction of sp³-hybridized carbons (Fsp3) is 0.238. The maximum atomic E-state index is 13.1. The molecule has 1 aliphatic carbocycles. The zero-order chi connectivity index (χ0) is 23.1. The maximum Gasteiger partial charge on any atom is 0.343 e. The Morgan fingerprint density at radius 3 is 2.48 bits per heavy atom. The van der Waals surface area contributed by atoms with Gasteiger partial charge in [0.2, 0.25) is 17.2 Å². The third-order valence-electron chi connectivity index (χ3n) is 4.98. The number of carbonyl (C=O) groups is 4. The number of hydrogen-bond acceptors (Lipinski definition) is 9. The van der Waals surface area contributed by atoms with Crippen LogP contribution in [0.1, 0.15) is 22.8 Å². The van der Waals surface area contributed by atoms with Gasteiger partial charge in [0.15, 0.2) is 5.60 Å². The number of Topliss-reactive ketones (excluding diaryl/α,β-unsaturated/α-hetero) is 1. The number of aliphatic carboxylic acids is 1. The smallest absolute Gasteiger partial charge is 0.343 e. The number of phenolic OH excluding ortho intramolecular Hbond substituents is 2. The number of phenols is 2. The van der Waals surface area contributed by atoms with Crippen molar-refractivity contribution in [3.05, 3.63) is 58.9 Å². The van der Waals surface area contributed by atoms with Crippen molar-refractivity contribution >= 4 is 23.5 Å². The minimum atomic E-state index is -2.42. The van der Waals surface area contributed by atoms with E-state index in [-0.39, 0.29) is 28.2 Å². The lowest BCUT2D eigenvalue weighted by molar-refractivity contribution is -0.164. The minimum absolute atomic E-state index is 0.00385. The lowest BCUT2D eigenvalue weighted by Gasteiger charge is -2.40. The first-order valence-electron chi connectivity index (χ1n) is 8.94. The molecule has 0 bridgehead atoms. The summed E-state index contributed by atoms with van der Waals surface area (Å²) in [4.78, 5) is 49.1. The summed E-state index contributed by atoms with van der Waals surface area (Å²) >= 11 is 0. The third-order valence-corrected chi connectivity index (χ3v) is 4.98. The van der Waals surface area contributed by atoms with E-state index in [1.807, 2.05) is 0 Å². The van der Waals surface area contributed by atoms with E-state index in [1.54, 1.807) is 0 Å². The second-order valence-electron chi connectivity index (χ2n) is 7.24. The zero-order valence-corrected chi connectivity index (χ0v) is 16.4. The maximum absolute atomic E-state index is 13.1. The molecule has 0 aromatic heterocycles. The Hall–Kier alpha value is -3.92. The fourth-order valence-electron chi connectivity index (χ4n) is 3.33. The van der Waals surface area contributed by atoms with Crippen LogP contribution >= 0.6 is 0 Å². The topological polar surface area (TPSA) is 168 Å². The highest BCUT2D eigenvalue weighted by molar-refractivity contribution is 6.23. The number of benzene rings is 1. The quantitative estimate of drug-likeness (QED) is 0.303. The van der Waals surface area contributed by atoms with E-state index in [2.05, 4.69) is 0 Å². The minimum Gasteiger partial charge on any atom is -0.508 e. The van der Waals surface area contributed by atoms with Gasteiger partial charge in [-0.25, -0.2) is 9.59 Å². The number of ketones is 2. The number of carboxylic acid groups (broad SMARTS) is 1. The van der Waals surface area contributed by atoms with Crippen LogP contribution in [0, 0.1) is 6.92 Å². The number of esters is 1. The van der Waals surface area contributed by atoms with Crippen LogP contribution in [0.5, 0.6) is 11.5 Å². The highest BCUT2D eigenvalue weighted by Crippen LogP contribution is 2.38. The van der Waals surface area contributed by atoms with Gasteiger partial charge in [-0.3, -0.25) is 9.59 Å². The van der Waals surface area contributed by atoms with Crippen LogP contribution < -0.4 is 0 Å². The molecule has 0 unspecified atom stereocenters. The summed E-state index contributed by atoms with van der Waals surface area (Å²) in [5.41, 5.74) is -5.11. The molecule has 2 atom stereocenters. The van der Waals surface area contributed by atoms with Crippen molar-refractivity contribution in [2.75, 3.05) is 6.61 Å². The molecular weight excluding hydrogens is 412 g/mol. The summed E-state index contributed by atoms with van der Waals surface area (Å²) in [6.07, 6.45) is 3.91. The molecule has 162 valence electrons. The number of allylic oxidation sites excluding steroid dienone is 1. The molecule has 1 aromatic rings. The van der Waals surface area contributed by atoms with Crippen LogP contribution in [-0.4, -0.2) is 61.7 Å². The van der Waals surface area contributed by atoms with Gasteiger partial charge < -0.3 is 29.9 Å². The van der Waals surface area contributed by atoms with Crippen molar-refractivity contribution in [3.8, 4) is 11.5 Å². The number of fused-ring (bicyclic) bond motifs is 1. The first-order chi connectivity index (χ1) is 14.4. The van der Waals surface area contributed by atoms with Gasteiger partial charge in [-0.15, -0.1) is 0 Å². The molecule has 31 heavy (non-hydrogen) atoms. The molecule has 10 nitrogen and oxygen atoms in total. The number of ether oxygens (including phenoxy) is 2. The summed E-state index contributed by atoms with van der Waals surface area (Å²) in [5, 5.41) is 39.0. The third kappa shape index (κ3) is 3.68. The first-order valence-corrected chi connectivity index (χ1v) is 8.94. The van der Waals surface area contributed by atoms with E-state index in [4.69, 9.17) is 14.6 Å². The Kier molecular flexibility index (Phi) is 5.20. The number of aromatic hydroxyl groups is 2. The second kappa shape index (κ2) is 7.40. The average molecular weight is 430 g/mol. The molecule has 10 heteroatoms. The van der Waals surface area contributed by atoms with Crippen molar-refractivity contribution < 1.29 is 49.1 Å². The SMILES string of the molecule is Cc1cc(O)cc(O)c1C(=O)O[C@]1(C)C(=O)C=C2C=C(C=CC(=O)O)OC[C@]2(O)C1=O. The predicted molar refractivity (Wildman–Crippen MR) is 102 cm³/mol. The van der Waals surface area contributed by atoms with E-state index < -0.39 is 47.1 Å². The van der Waals surface area contributed by atoms with E-state index in [9.17, 15) is 34.5 Å². The summed E-state index contributed by atoms with van der Waals surface area (Å²) in [5.74, 6) is -5.48. The lowest BCUT2D eigenvalue weighted by atomic mass is 9.73. The Morgan fingerprint density at radius 1 is 1.19 bits per heavy atom. The lowest BCUT2D eigenvalue weighted by Crippen LogP contribution is -2.63. The van der Waals surface area contributed by atoms with Crippen LogP contribution in [-0.2, 0) is 23.9 Å². The van der Waals surface area contributed by atoms with Crippen molar-refractivity contribution in [2.45, 2.75) is 25.0 Å². The molecule has 1 aliphatic heterocycles. The highest BCUT2D eigenvalue weighted by Gasteiger charge is 2.59. The normalized spacial score (nSPS) is 25.4. The van der Waals surface area contributed by atoms with Gasteiger partial charge in [-0.2, -0.15) is 0 Å². The van der Waals surface area contributed by atoms with Gasteiger partial charge in [0.1, 0.15) is 29.4 Å². The average Bonchev–Trinajstić information content (AvgIpc) is 2.65. The predicted octanol–water partition coefficient (Wildman–Crippen LogP) is 0.686. The van der Waals surface area contributed by atoms with Crippen LogP contribution in [0.3, 0.4) is 0 Å². The first kappa shape index (κ1) is 21.8. The van der Waals surface area contributed by atoms with Crippen molar-refractivity contribution in [1.29, 1.82) is 0 Å². The van der Waals surface area contributed by atoms with Crippen molar-refractivity contribution in [2.24, 2.45) is 0 Å². The monoisotopic (exact) mass is 430 g/mol. The zero-order valence-electron chi connectivity index (χ0n) is 16.4. The second-order valence-corrected chi connectivity index (χ2v) is 7.24. The summed E-state index contributed by atoms with van der Waals surface area (Å²) in [6.45, 7) is 1.77. The fourth-order valence-corrected chi connectivity index (χ4v) is 3.33. The molecule has 0 saturated carbocycles. The summed E-state index contributed by atoms with van der Waals surface area (Å²) < 4.78 is 10.4. The molecule has 0 saturated heterocycles. The van der Waals surface area contributed by atoms with E-state index >= 15 is 0 Å². The van der Waals surface area contributed by atoms with E-state index in [1.165, 1.54) is 13.0 Å². The molecule has 0 radical (unpaired) electrons. The van der Waals surface area contributed by atoms with Gasteiger partial charge in [0.05, 0.1) is 0 Å². The van der Waals surface area contributed by atoms with Crippen LogP contribution in [0.25, 0.3) is 0 Å². The van der Waals surface area contributed by atoms with Gasteiger partial charge in [-0.05, 0) is 43.7 Å². The summed E-state index contributed by atoms with van der Waals surface area (Å²) in [6, 6.07) is 2.08. The Bertz CT molecular complexity index is 1090. The summed E-state index contributed by atoms with van der Waals surface area (Å²) in [7, 11) is 0. The molecule has 0 fully saturated rings. The number of rotatable bonds is 4. The Labute approximate surface area is 175 Å². The van der Waals surface area contributed by atoms with Gasteiger partial charge >= 0.3 is 11.9 Å². The van der Waals surface area contributed by atoms with Crippen LogP contribution in [0.4, 0.5) is 0 Å². The number of carbonyl (C=O) groups excluding carboxylic acids is 3. The molecule has 2 aliphatic rings. The number of aliphatic hydroxyl groups is 1. The van der Waals surface area contributed by atoms with Crippen molar-refractivity contribution in [1.82, 2.24) is 0 Å². The van der Waals surface area contributed by atoms with E-state index in [0.29, 0.717) is 0 Å². The molecule has 0 amide bonds. The van der Waals surface area contributed by atoms with Gasteiger partial charge in [-0.1, -0.05) is 0 Å². The molecular formula is C21H18O10. The van der Waals surface area contributed by atoms with Crippen LogP contribution in [0.15, 0.2) is 47.8 Å². The molecule has 4 N–H and O–H groups in total. The number of carboxylic acids is 1. The molecule has 1 aromatic carbocycles. The highest BCUT2D eigenvalue weighted by atomic mass is 16.6. The number of hydrogen-bond donors (Lipinski definition) is 4. The van der Waals surface area contributed by atoms with Crippen LogP contribution in [0.2, 0.25) is 0 Å². The Morgan fingerprint density at radius 2 is 1.87 bits per heavy atom. The Balaban J connectivity index is 1.97. The number of aryl methyl sites for hydroxylation is 1. The largest absolute Gasteiger partial charge is 0.508 e. The molecule has 3 rings (SSSR count).